The molecule has 2 aromatic rings. The predicted molar refractivity (Wildman–Crippen MR) is 94.5 cm³/mol. The van der Waals surface area contributed by atoms with Crippen LogP contribution in [0.1, 0.15) is 36.9 Å². The first-order valence-electron chi connectivity index (χ1n) is 8.47. The fourth-order valence-corrected chi connectivity index (χ4v) is 4.00. The van der Waals surface area contributed by atoms with E-state index in [1.54, 1.807) is 16.8 Å². The lowest BCUT2D eigenvalue weighted by Crippen LogP contribution is -2.35. The molecule has 3 rings (SSSR count). The summed E-state index contributed by atoms with van der Waals surface area (Å²) in [4.78, 5) is 16.6. The van der Waals surface area contributed by atoms with Gasteiger partial charge in [-0.25, -0.2) is 9.37 Å². The van der Waals surface area contributed by atoms with Gasteiger partial charge in [0.1, 0.15) is 12.4 Å². The molecule has 134 valence electrons. The third kappa shape index (κ3) is 4.83. The highest BCUT2D eigenvalue weighted by Gasteiger charge is 2.19. The number of halogens is 1. The van der Waals surface area contributed by atoms with Gasteiger partial charge in [0.25, 0.3) is 0 Å². The van der Waals surface area contributed by atoms with Crippen molar-refractivity contribution in [3.63, 3.8) is 0 Å². The number of rotatable bonds is 7. The number of aliphatic hydroxyl groups excluding tert-OH is 1. The molecule has 0 spiro atoms. The van der Waals surface area contributed by atoms with Crippen molar-refractivity contribution in [2.45, 2.75) is 55.8 Å². The van der Waals surface area contributed by atoms with Crippen LogP contribution in [0.4, 0.5) is 4.39 Å². The molecular formula is C18H22FN3O2S. The number of hydrogen-bond donors (Lipinski definition) is 2. The molecule has 5 nitrogen and oxygen atoms in total. The van der Waals surface area contributed by atoms with E-state index in [0.717, 1.165) is 31.2 Å². The van der Waals surface area contributed by atoms with E-state index < -0.39 is 0 Å². The third-order valence-electron chi connectivity index (χ3n) is 4.34. The number of aromatic nitrogens is 2. The number of nitrogens with zero attached hydrogens (tertiary/aromatic N) is 2. The summed E-state index contributed by atoms with van der Waals surface area (Å²) >= 11 is 1.42. The van der Waals surface area contributed by atoms with Gasteiger partial charge in [0.2, 0.25) is 5.91 Å². The Labute approximate surface area is 150 Å². The third-order valence-corrected chi connectivity index (χ3v) is 5.40. The first-order chi connectivity index (χ1) is 12.2. The lowest BCUT2D eigenvalue weighted by atomic mass is 10.2. The minimum atomic E-state index is -0.270. The Balaban J connectivity index is 1.65. The zero-order chi connectivity index (χ0) is 17.6. The molecule has 0 unspecified atom stereocenters. The van der Waals surface area contributed by atoms with Crippen LogP contribution in [0, 0.1) is 5.82 Å². The van der Waals surface area contributed by atoms with Gasteiger partial charge in [0.05, 0.1) is 18.5 Å². The van der Waals surface area contributed by atoms with Crippen LogP contribution in [-0.2, 0) is 23.7 Å². The fourth-order valence-electron chi connectivity index (χ4n) is 3.06. The summed E-state index contributed by atoms with van der Waals surface area (Å²) in [7, 11) is 0. The Hall–Kier alpha value is -1.86. The Morgan fingerprint density at radius 3 is 2.92 bits per heavy atom. The average molecular weight is 363 g/mol. The summed E-state index contributed by atoms with van der Waals surface area (Å²) in [6, 6.07) is 6.68. The lowest BCUT2D eigenvalue weighted by Gasteiger charge is -2.14. The van der Waals surface area contributed by atoms with E-state index in [9.17, 15) is 14.3 Å². The molecular weight excluding hydrogens is 341 g/mol. The number of amides is 1. The minimum absolute atomic E-state index is 0.0628. The highest BCUT2D eigenvalue weighted by Crippen LogP contribution is 2.24. The van der Waals surface area contributed by atoms with Crippen LogP contribution in [0.25, 0.3) is 0 Å². The minimum Gasteiger partial charge on any atom is -0.390 e. The maximum absolute atomic E-state index is 13.3. The normalized spacial score (nSPS) is 14.8. The topological polar surface area (TPSA) is 67.2 Å². The van der Waals surface area contributed by atoms with E-state index >= 15 is 0 Å². The van der Waals surface area contributed by atoms with Crippen molar-refractivity contribution in [2.75, 3.05) is 0 Å². The van der Waals surface area contributed by atoms with Crippen molar-refractivity contribution in [3.8, 4) is 0 Å². The second kappa shape index (κ2) is 8.49. The van der Waals surface area contributed by atoms with E-state index in [-0.39, 0.29) is 30.9 Å². The van der Waals surface area contributed by atoms with Crippen molar-refractivity contribution in [3.05, 3.63) is 47.5 Å². The molecule has 1 saturated carbocycles. The van der Waals surface area contributed by atoms with Crippen LogP contribution in [-0.4, -0.2) is 26.6 Å². The van der Waals surface area contributed by atoms with Crippen molar-refractivity contribution >= 4 is 17.7 Å². The second-order valence-electron chi connectivity index (χ2n) is 6.24. The van der Waals surface area contributed by atoms with E-state index in [4.69, 9.17) is 0 Å². The molecule has 1 amide bonds. The summed E-state index contributed by atoms with van der Waals surface area (Å²) in [5.74, 6) is 0.213. The zero-order valence-corrected chi connectivity index (χ0v) is 14.8. The summed E-state index contributed by atoms with van der Waals surface area (Å²) in [5.41, 5.74) is 1.45. The number of carbonyl (C=O) groups excluding carboxylic acids is 1. The van der Waals surface area contributed by atoms with Gasteiger partial charge < -0.3 is 15.0 Å². The number of benzene rings is 1. The van der Waals surface area contributed by atoms with E-state index in [2.05, 4.69) is 10.3 Å². The maximum atomic E-state index is 13.3. The largest absolute Gasteiger partial charge is 0.390 e. The first kappa shape index (κ1) is 17.9. The molecule has 1 aliphatic rings. The van der Waals surface area contributed by atoms with Crippen molar-refractivity contribution in [2.24, 2.45) is 0 Å². The van der Waals surface area contributed by atoms with Gasteiger partial charge in [-0.15, -0.1) is 0 Å². The number of thioether (sulfide) groups is 1. The molecule has 0 saturated heterocycles. The van der Waals surface area contributed by atoms with Gasteiger partial charge in [-0.3, -0.25) is 4.79 Å². The maximum Gasteiger partial charge on any atom is 0.240 e. The molecule has 1 heterocycles. The fraction of sp³-hybridized carbons (Fsp3) is 0.444. The lowest BCUT2D eigenvalue weighted by molar-refractivity contribution is -0.122. The molecule has 1 aliphatic carbocycles. The Kier molecular flexibility index (Phi) is 6.09. The molecule has 0 atom stereocenters. The highest BCUT2D eigenvalue weighted by molar-refractivity contribution is 7.98. The summed E-state index contributed by atoms with van der Waals surface area (Å²) in [6.45, 7) is -0.0396. The van der Waals surface area contributed by atoms with Gasteiger partial charge in [0.15, 0.2) is 5.16 Å². The SMILES string of the molecule is O=C(Cn1c(CO)cnc1SCc1cccc(F)c1)NC1CCCC1. The number of carbonyl (C=O) groups is 1. The van der Waals surface area contributed by atoms with E-state index in [0.29, 0.717) is 16.6 Å². The van der Waals surface area contributed by atoms with Gasteiger partial charge >= 0.3 is 0 Å². The van der Waals surface area contributed by atoms with Gasteiger partial charge in [-0.05, 0) is 30.5 Å². The van der Waals surface area contributed by atoms with Crippen LogP contribution in [0.5, 0.6) is 0 Å². The molecule has 0 bridgehead atoms. The Bertz CT molecular complexity index is 729. The number of hydrogen-bond acceptors (Lipinski definition) is 4. The molecule has 25 heavy (non-hydrogen) atoms. The molecule has 0 aliphatic heterocycles. The van der Waals surface area contributed by atoms with Crippen molar-refractivity contribution in [1.82, 2.24) is 14.9 Å². The summed E-state index contributed by atoms with van der Waals surface area (Å²) in [5, 5.41) is 13.2. The van der Waals surface area contributed by atoms with Gasteiger partial charge in [-0.1, -0.05) is 36.7 Å². The van der Waals surface area contributed by atoms with Crippen LogP contribution in [0.2, 0.25) is 0 Å². The van der Waals surface area contributed by atoms with Gasteiger partial charge in [-0.2, -0.15) is 0 Å². The highest BCUT2D eigenvalue weighted by atomic mass is 32.2. The van der Waals surface area contributed by atoms with Crippen molar-refractivity contribution < 1.29 is 14.3 Å². The van der Waals surface area contributed by atoms with Crippen LogP contribution in [0.3, 0.4) is 0 Å². The average Bonchev–Trinajstić information content (AvgIpc) is 3.23. The summed E-state index contributed by atoms with van der Waals surface area (Å²) < 4.78 is 15.0. The predicted octanol–water partition coefficient (Wildman–Crippen LogP) is 2.87. The number of imidazole rings is 1. The smallest absolute Gasteiger partial charge is 0.240 e. The number of aliphatic hydroxyl groups is 1. The van der Waals surface area contributed by atoms with Gasteiger partial charge in [0, 0.05) is 11.8 Å². The van der Waals surface area contributed by atoms with Crippen LogP contribution in [0.15, 0.2) is 35.6 Å². The van der Waals surface area contributed by atoms with Crippen LogP contribution >= 0.6 is 11.8 Å². The molecule has 0 radical (unpaired) electrons. The molecule has 1 aromatic carbocycles. The monoisotopic (exact) mass is 363 g/mol. The van der Waals surface area contributed by atoms with Crippen molar-refractivity contribution in [1.29, 1.82) is 0 Å². The molecule has 7 heteroatoms. The summed E-state index contributed by atoms with van der Waals surface area (Å²) in [6.07, 6.45) is 5.96. The zero-order valence-electron chi connectivity index (χ0n) is 13.9. The second-order valence-corrected chi connectivity index (χ2v) is 7.19. The number of nitrogens with one attached hydrogen (secondary N) is 1. The van der Waals surface area contributed by atoms with Crippen LogP contribution < -0.4 is 5.32 Å². The Morgan fingerprint density at radius 2 is 2.20 bits per heavy atom. The van der Waals surface area contributed by atoms with E-state index in [1.165, 1.54) is 23.9 Å². The first-order valence-corrected chi connectivity index (χ1v) is 9.46. The standard InChI is InChI=1S/C18H22FN3O2S/c19-14-5-3-4-13(8-14)12-25-18-20-9-16(11-23)22(18)10-17(24)21-15-6-1-2-7-15/h3-5,8-9,15,23H,1-2,6-7,10-12H2,(H,21,24). The van der Waals surface area contributed by atoms with E-state index in [1.807, 2.05) is 6.07 Å². The Morgan fingerprint density at radius 1 is 1.40 bits per heavy atom. The molecule has 2 N–H and O–H groups in total. The molecule has 1 fully saturated rings. The molecule has 1 aromatic heterocycles. The quantitative estimate of drug-likeness (QED) is 0.743.